The molecule has 1 saturated carbocycles. The first-order chi connectivity index (χ1) is 4.32. The average molecular weight is 141 g/mol. The quantitative estimate of drug-likeness (QED) is 0.548. The third kappa shape index (κ3) is 0.619. The van der Waals surface area contributed by atoms with Crippen LogP contribution < -0.4 is 5.73 Å². The van der Waals surface area contributed by atoms with E-state index in [2.05, 4.69) is 34.6 Å². The molecule has 1 heteroatoms. The number of hydrogen-bond donors (Lipinski definition) is 1. The zero-order valence-corrected chi connectivity index (χ0v) is 7.73. The SMILES string of the molecule is CC1C(C)[C@@](C)(N)C1(C)C. The van der Waals surface area contributed by atoms with E-state index in [0.717, 1.165) is 5.92 Å². The summed E-state index contributed by atoms with van der Waals surface area (Å²) in [6.45, 7) is 11.2. The fraction of sp³-hybridized carbons (Fsp3) is 1.00. The molecule has 60 valence electrons. The molecule has 2 unspecified atom stereocenters. The summed E-state index contributed by atoms with van der Waals surface area (Å²) in [5, 5.41) is 0. The molecule has 0 aromatic heterocycles. The Labute approximate surface area is 64.0 Å². The van der Waals surface area contributed by atoms with Gasteiger partial charge in [-0.05, 0) is 24.2 Å². The lowest BCUT2D eigenvalue weighted by atomic mass is 9.46. The minimum atomic E-state index is 0.0480. The molecule has 0 aromatic rings. The molecule has 1 aliphatic carbocycles. The molecule has 0 aliphatic heterocycles. The Bertz CT molecular complexity index is 129. The van der Waals surface area contributed by atoms with Crippen LogP contribution in [0.2, 0.25) is 0 Å². The Morgan fingerprint density at radius 2 is 1.40 bits per heavy atom. The summed E-state index contributed by atoms with van der Waals surface area (Å²) in [4.78, 5) is 0. The van der Waals surface area contributed by atoms with Gasteiger partial charge in [-0.15, -0.1) is 0 Å². The Morgan fingerprint density at radius 1 is 1.00 bits per heavy atom. The number of nitrogens with two attached hydrogens (primary N) is 1. The maximum absolute atomic E-state index is 6.13. The van der Waals surface area contributed by atoms with E-state index in [1.807, 2.05) is 0 Å². The molecule has 1 aliphatic rings. The minimum Gasteiger partial charge on any atom is -0.325 e. The van der Waals surface area contributed by atoms with Crippen molar-refractivity contribution in [3.8, 4) is 0 Å². The van der Waals surface area contributed by atoms with Gasteiger partial charge in [0.05, 0.1) is 0 Å². The molecule has 0 bridgehead atoms. The Morgan fingerprint density at radius 3 is 1.50 bits per heavy atom. The first-order valence-corrected chi connectivity index (χ1v) is 4.10. The first kappa shape index (κ1) is 8.06. The van der Waals surface area contributed by atoms with Gasteiger partial charge in [-0.2, -0.15) is 0 Å². The highest BCUT2D eigenvalue weighted by atomic mass is 14.9. The normalized spacial score (nSPS) is 52.2. The van der Waals surface area contributed by atoms with Crippen LogP contribution in [0.5, 0.6) is 0 Å². The number of hydrogen-bond acceptors (Lipinski definition) is 1. The van der Waals surface area contributed by atoms with Crippen molar-refractivity contribution >= 4 is 0 Å². The predicted octanol–water partition coefficient (Wildman–Crippen LogP) is 2.02. The van der Waals surface area contributed by atoms with Gasteiger partial charge in [0.25, 0.3) is 0 Å². The summed E-state index contributed by atoms with van der Waals surface area (Å²) in [5.41, 5.74) is 6.51. The van der Waals surface area contributed by atoms with Crippen LogP contribution in [0.15, 0.2) is 0 Å². The molecule has 0 aromatic carbocycles. The zero-order valence-electron chi connectivity index (χ0n) is 7.73. The monoisotopic (exact) mass is 141 g/mol. The lowest BCUT2D eigenvalue weighted by Gasteiger charge is -2.62. The highest BCUT2D eigenvalue weighted by molar-refractivity contribution is 5.12. The molecule has 2 N–H and O–H groups in total. The van der Waals surface area contributed by atoms with Gasteiger partial charge >= 0.3 is 0 Å². The van der Waals surface area contributed by atoms with Crippen LogP contribution in [0.1, 0.15) is 34.6 Å². The molecule has 0 radical (unpaired) electrons. The van der Waals surface area contributed by atoms with E-state index in [0.29, 0.717) is 11.3 Å². The standard InChI is InChI=1S/C9H19N/c1-6-7(2)9(5,10)8(6,3)4/h6-7H,10H2,1-5H3/t6?,7?,9-/m1/s1. The Kier molecular flexibility index (Phi) is 1.42. The molecule has 0 amide bonds. The molecule has 0 saturated heterocycles. The van der Waals surface area contributed by atoms with E-state index < -0.39 is 0 Å². The summed E-state index contributed by atoms with van der Waals surface area (Å²) < 4.78 is 0. The highest BCUT2D eigenvalue weighted by Crippen LogP contribution is 2.56. The highest BCUT2D eigenvalue weighted by Gasteiger charge is 2.57. The minimum absolute atomic E-state index is 0.0480. The lowest BCUT2D eigenvalue weighted by molar-refractivity contribution is -0.0906. The van der Waals surface area contributed by atoms with Crippen molar-refractivity contribution < 1.29 is 0 Å². The van der Waals surface area contributed by atoms with Gasteiger partial charge in [-0.25, -0.2) is 0 Å². The predicted molar refractivity (Wildman–Crippen MR) is 44.7 cm³/mol. The van der Waals surface area contributed by atoms with Crippen LogP contribution >= 0.6 is 0 Å². The third-order valence-electron chi connectivity index (χ3n) is 4.22. The molecular formula is C9H19N. The summed E-state index contributed by atoms with van der Waals surface area (Å²) >= 11 is 0. The topological polar surface area (TPSA) is 26.0 Å². The third-order valence-corrected chi connectivity index (χ3v) is 4.22. The molecule has 0 spiro atoms. The Hall–Kier alpha value is -0.0400. The molecule has 1 rings (SSSR count). The fourth-order valence-corrected chi connectivity index (χ4v) is 2.13. The first-order valence-electron chi connectivity index (χ1n) is 4.10. The van der Waals surface area contributed by atoms with Crippen molar-refractivity contribution in [2.75, 3.05) is 0 Å². The van der Waals surface area contributed by atoms with E-state index >= 15 is 0 Å². The summed E-state index contributed by atoms with van der Waals surface area (Å²) in [6.07, 6.45) is 0. The van der Waals surface area contributed by atoms with Gasteiger partial charge in [0.15, 0.2) is 0 Å². The smallest absolute Gasteiger partial charge is 0.0208 e. The van der Waals surface area contributed by atoms with Crippen LogP contribution in [0.25, 0.3) is 0 Å². The fourth-order valence-electron chi connectivity index (χ4n) is 2.13. The second-order valence-corrected chi connectivity index (χ2v) is 4.58. The second kappa shape index (κ2) is 1.76. The van der Waals surface area contributed by atoms with Crippen molar-refractivity contribution in [1.29, 1.82) is 0 Å². The van der Waals surface area contributed by atoms with Gasteiger partial charge in [-0.3, -0.25) is 0 Å². The maximum Gasteiger partial charge on any atom is 0.0208 e. The molecular weight excluding hydrogens is 122 g/mol. The van der Waals surface area contributed by atoms with Crippen molar-refractivity contribution in [2.24, 2.45) is 23.0 Å². The largest absolute Gasteiger partial charge is 0.325 e. The van der Waals surface area contributed by atoms with E-state index in [1.165, 1.54) is 0 Å². The van der Waals surface area contributed by atoms with Crippen molar-refractivity contribution in [1.82, 2.24) is 0 Å². The summed E-state index contributed by atoms with van der Waals surface area (Å²) in [7, 11) is 0. The van der Waals surface area contributed by atoms with E-state index in [-0.39, 0.29) is 5.54 Å². The zero-order chi connectivity index (χ0) is 8.15. The van der Waals surface area contributed by atoms with Crippen molar-refractivity contribution in [3.05, 3.63) is 0 Å². The van der Waals surface area contributed by atoms with Gasteiger partial charge < -0.3 is 5.73 Å². The van der Waals surface area contributed by atoms with Gasteiger partial charge in [0, 0.05) is 5.54 Å². The maximum atomic E-state index is 6.13. The summed E-state index contributed by atoms with van der Waals surface area (Å²) in [6, 6.07) is 0. The van der Waals surface area contributed by atoms with Gasteiger partial charge in [0.1, 0.15) is 0 Å². The molecule has 0 heterocycles. The van der Waals surface area contributed by atoms with Crippen molar-refractivity contribution in [3.63, 3.8) is 0 Å². The number of rotatable bonds is 0. The van der Waals surface area contributed by atoms with Crippen LogP contribution in [0.3, 0.4) is 0 Å². The van der Waals surface area contributed by atoms with E-state index in [4.69, 9.17) is 5.73 Å². The lowest BCUT2D eigenvalue weighted by Crippen LogP contribution is -2.69. The van der Waals surface area contributed by atoms with Gasteiger partial charge in [-0.1, -0.05) is 27.7 Å². The molecule has 10 heavy (non-hydrogen) atoms. The average Bonchev–Trinajstić information content (AvgIpc) is 1.84. The van der Waals surface area contributed by atoms with Crippen LogP contribution in [0, 0.1) is 17.3 Å². The second-order valence-electron chi connectivity index (χ2n) is 4.58. The molecule has 1 nitrogen and oxygen atoms in total. The van der Waals surface area contributed by atoms with Crippen LogP contribution in [-0.2, 0) is 0 Å². The molecule has 1 fully saturated rings. The summed E-state index contributed by atoms with van der Waals surface area (Å²) in [5.74, 6) is 1.44. The van der Waals surface area contributed by atoms with Crippen molar-refractivity contribution in [2.45, 2.75) is 40.2 Å². The van der Waals surface area contributed by atoms with Gasteiger partial charge in [0.2, 0.25) is 0 Å². The van der Waals surface area contributed by atoms with E-state index in [1.54, 1.807) is 0 Å². The van der Waals surface area contributed by atoms with Crippen LogP contribution in [0.4, 0.5) is 0 Å². The van der Waals surface area contributed by atoms with Crippen LogP contribution in [-0.4, -0.2) is 5.54 Å². The Balaban J connectivity index is 2.82. The van der Waals surface area contributed by atoms with E-state index in [9.17, 15) is 0 Å². The molecule has 3 atom stereocenters.